The van der Waals surface area contributed by atoms with E-state index >= 15 is 4.79 Å². The Labute approximate surface area is 328 Å². The number of fused-ring (bicyclic) bond motifs is 4. The molecule has 2 aliphatic carbocycles. The quantitative estimate of drug-likeness (QED) is 0.142. The van der Waals surface area contributed by atoms with Crippen molar-refractivity contribution in [1.29, 1.82) is 0 Å². The fourth-order valence-corrected chi connectivity index (χ4v) is 9.41. The number of nitrogens with zero attached hydrogens (tertiary/aromatic N) is 3. The van der Waals surface area contributed by atoms with Gasteiger partial charge in [-0.25, -0.2) is 4.98 Å². The summed E-state index contributed by atoms with van der Waals surface area (Å²) in [7, 11) is 1.39. The number of carbonyl (C=O) groups is 4. The summed E-state index contributed by atoms with van der Waals surface area (Å²) in [6.07, 6.45) is -0.649. The average Bonchev–Trinajstić information content (AvgIpc) is 3.56. The minimum absolute atomic E-state index is 0.0638. The number of aromatic hydroxyl groups is 1. The van der Waals surface area contributed by atoms with Crippen LogP contribution in [0.25, 0.3) is 6.08 Å². The number of imide groups is 2. The van der Waals surface area contributed by atoms with Crippen LogP contribution >= 0.6 is 23.2 Å². The number of phenols is 1. The molecule has 0 bridgehead atoms. The summed E-state index contributed by atoms with van der Waals surface area (Å²) >= 11 is 12.6. The zero-order chi connectivity index (χ0) is 39.8. The maximum atomic E-state index is 15.4. The van der Waals surface area contributed by atoms with Crippen LogP contribution in [0, 0.1) is 23.7 Å². The van der Waals surface area contributed by atoms with Crippen molar-refractivity contribution in [1.82, 2.24) is 9.99 Å². The monoisotopic (exact) mass is 802 g/mol. The Morgan fingerprint density at radius 3 is 2.32 bits per heavy atom. The summed E-state index contributed by atoms with van der Waals surface area (Å²) in [6.45, 7) is 3.76. The molecular weight excluding hydrogens is 772 g/mol. The number of methoxy groups -OCH3 is 1. The summed E-state index contributed by atoms with van der Waals surface area (Å²) in [5, 5.41) is 11.1. The number of hydrazine groups is 1. The number of hydrogen-bond acceptors (Lipinski definition) is 8. The van der Waals surface area contributed by atoms with Gasteiger partial charge in [0.15, 0.2) is 5.82 Å². The van der Waals surface area contributed by atoms with Gasteiger partial charge in [-0.1, -0.05) is 77.8 Å². The predicted octanol–water partition coefficient (Wildman–Crippen LogP) is 7.95. The van der Waals surface area contributed by atoms with E-state index in [1.54, 1.807) is 60.7 Å². The summed E-state index contributed by atoms with van der Waals surface area (Å²) < 4.78 is 46.3. The van der Waals surface area contributed by atoms with Gasteiger partial charge < -0.3 is 9.84 Å². The lowest BCUT2D eigenvalue weighted by Crippen LogP contribution is -2.53. The van der Waals surface area contributed by atoms with Crippen LogP contribution in [0.3, 0.4) is 0 Å². The highest BCUT2D eigenvalue weighted by atomic mass is 35.5. The Bertz CT molecular complexity index is 2370. The van der Waals surface area contributed by atoms with E-state index in [-0.39, 0.29) is 30.2 Å². The molecular formula is C41H31Cl2F3N4O6. The van der Waals surface area contributed by atoms with Crippen molar-refractivity contribution in [2.45, 2.75) is 30.4 Å². The minimum atomic E-state index is -4.76. The van der Waals surface area contributed by atoms with E-state index in [9.17, 15) is 32.7 Å². The fraction of sp³-hybridized carbons (Fsp3) is 0.244. The van der Waals surface area contributed by atoms with E-state index < -0.39 is 75.4 Å². The number of pyridine rings is 1. The number of alkyl halides is 3. The predicted molar refractivity (Wildman–Crippen MR) is 201 cm³/mol. The smallest absolute Gasteiger partial charge is 0.417 e. The Hall–Kier alpha value is -5.66. The SMILES string of the molecule is C=Cc1ccc(N2C(=O)[C@H]3[C@H](CC=C4[C@H]3C[C@H]3C(=O)N(Nc5ncc(C(F)(F)F)cc5Cl)C(=O)[C@@]3(c3ccc(Cl)cc3)[C@H]4c3ccc(O)cc3OC)C2=O)cc1. The van der Waals surface area contributed by atoms with Gasteiger partial charge in [0.1, 0.15) is 11.5 Å². The molecule has 8 rings (SSSR count). The van der Waals surface area contributed by atoms with Gasteiger partial charge in [0, 0.05) is 28.8 Å². The molecule has 15 heteroatoms. The van der Waals surface area contributed by atoms with Gasteiger partial charge in [0.25, 0.3) is 11.8 Å². The third kappa shape index (κ3) is 5.58. The summed E-state index contributed by atoms with van der Waals surface area (Å²) in [5.74, 6) is -7.39. The third-order valence-corrected chi connectivity index (χ3v) is 12.0. The Kier molecular flexibility index (Phi) is 9.00. The molecule has 2 saturated heterocycles. The average molecular weight is 804 g/mol. The molecule has 3 fully saturated rings. The molecule has 0 spiro atoms. The zero-order valence-corrected chi connectivity index (χ0v) is 30.9. The van der Waals surface area contributed by atoms with Crippen LogP contribution < -0.4 is 15.1 Å². The first-order valence-electron chi connectivity index (χ1n) is 17.5. The van der Waals surface area contributed by atoms with Crippen molar-refractivity contribution in [2.75, 3.05) is 17.4 Å². The van der Waals surface area contributed by atoms with E-state index in [1.807, 2.05) is 6.08 Å². The number of rotatable bonds is 7. The number of hydrogen-bond donors (Lipinski definition) is 2. The van der Waals surface area contributed by atoms with Crippen LogP contribution in [0.1, 0.15) is 41.0 Å². The molecule has 56 heavy (non-hydrogen) atoms. The van der Waals surface area contributed by atoms with E-state index in [0.717, 1.165) is 5.56 Å². The maximum Gasteiger partial charge on any atom is 0.417 e. The molecule has 3 heterocycles. The number of amides is 4. The van der Waals surface area contributed by atoms with Gasteiger partial charge >= 0.3 is 6.18 Å². The van der Waals surface area contributed by atoms with Crippen LogP contribution in [-0.2, 0) is 30.8 Å². The van der Waals surface area contributed by atoms with Crippen LogP contribution in [0.4, 0.5) is 24.7 Å². The number of benzene rings is 3. The summed E-state index contributed by atoms with van der Waals surface area (Å²) in [5.41, 5.74) is 2.26. The first kappa shape index (κ1) is 37.3. The normalized spacial score (nSPS) is 25.8. The van der Waals surface area contributed by atoms with Crippen LogP contribution in [0.15, 0.2) is 97.2 Å². The highest BCUT2D eigenvalue weighted by Gasteiger charge is 2.70. The van der Waals surface area contributed by atoms with Gasteiger partial charge in [0.2, 0.25) is 11.8 Å². The first-order chi connectivity index (χ1) is 26.7. The molecule has 4 amide bonds. The Balaban J connectivity index is 1.32. The van der Waals surface area contributed by atoms with Crippen molar-refractivity contribution in [3.8, 4) is 11.5 Å². The minimum Gasteiger partial charge on any atom is -0.508 e. The second-order valence-electron chi connectivity index (χ2n) is 14.2. The van der Waals surface area contributed by atoms with E-state index in [0.29, 0.717) is 44.7 Å². The van der Waals surface area contributed by atoms with Crippen molar-refractivity contribution in [3.05, 3.63) is 130 Å². The van der Waals surface area contributed by atoms with Crippen LogP contribution in [-0.4, -0.2) is 45.8 Å². The Morgan fingerprint density at radius 2 is 1.68 bits per heavy atom. The third-order valence-electron chi connectivity index (χ3n) is 11.5. The van der Waals surface area contributed by atoms with E-state index in [1.165, 1.54) is 24.1 Å². The van der Waals surface area contributed by atoms with Crippen molar-refractivity contribution in [2.24, 2.45) is 23.7 Å². The van der Waals surface area contributed by atoms with Gasteiger partial charge in [-0.15, -0.1) is 0 Å². The number of nitrogens with one attached hydrogen (secondary N) is 1. The highest BCUT2D eigenvalue weighted by Crippen LogP contribution is 2.65. The first-order valence-corrected chi connectivity index (χ1v) is 18.3. The topological polar surface area (TPSA) is 129 Å². The number of allylic oxidation sites excluding steroid dienone is 2. The molecule has 4 aliphatic rings. The lowest BCUT2D eigenvalue weighted by atomic mass is 9.49. The number of anilines is 2. The molecule has 286 valence electrons. The summed E-state index contributed by atoms with van der Waals surface area (Å²) in [6, 6.07) is 18.2. The molecule has 10 nitrogen and oxygen atoms in total. The standard InChI is InChI=1S/C41H31Cl2F3N4O6/c1-3-20-4-10-24(11-5-20)49-36(52)28-15-14-26-29(33(28)38(49)54)18-30-37(53)50(48-35-31(43)16-22(19-47-35)41(44,45)46)39(55)40(30,21-6-8-23(42)9-7-21)34(26)27-13-12-25(51)17-32(27)56-2/h3-14,16-17,19,28-30,33-34,51H,1,15,18H2,2H3,(H,47,48)/t28-,29+,30-,33-,34+,40+/m0/s1. The molecule has 0 radical (unpaired) electrons. The van der Waals surface area contributed by atoms with Gasteiger partial charge in [-0.3, -0.25) is 29.5 Å². The molecule has 2 N–H and O–H groups in total. The van der Waals surface area contributed by atoms with Gasteiger partial charge in [0.05, 0.1) is 46.6 Å². The largest absolute Gasteiger partial charge is 0.508 e. The molecule has 4 aromatic rings. The zero-order valence-electron chi connectivity index (χ0n) is 29.4. The van der Waals surface area contributed by atoms with Crippen molar-refractivity contribution < 1.29 is 42.2 Å². The number of phenolic OH excluding ortho intramolecular Hbond substituents is 1. The Morgan fingerprint density at radius 1 is 0.964 bits per heavy atom. The van der Waals surface area contributed by atoms with E-state index in [4.69, 9.17) is 27.9 Å². The van der Waals surface area contributed by atoms with Crippen LogP contribution in [0.5, 0.6) is 11.5 Å². The second-order valence-corrected chi connectivity index (χ2v) is 15.0. The number of ether oxygens (including phenoxy) is 1. The van der Waals surface area contributed by atoms with Gasteiger partial charge in [-0.2, -0.15) is 18.2 Å². The number of carbonyl (C=O) groups excluding carboxylic acids is 4. The van der Waals surface area contributed by atoms with E-state index in [2.05, 4.69) is 17.0 Å². The highest BCUT2D eigenvalue weighted by molar-refractivity contribution is 6.33. The lowest BCUT2D eigenvalue weighted by molar-refractivity contribution is -0.139. The van der Waals surface area contributed by atoms with Crippen molar-refractivity contribution >= 4 is 64.4 Å². The number of halogens is 5. The van der Waals surface area contributed by atoms with Gasteiger partial charge in [-0.05, 0) is 66.3 Å². The molecule has 1 aromatic heterocycles. The van der Waals surface area contributed by atoms with Crippen LogP contribution in [0.2, 0.25) is 10.0 Å². The van der Waals surface area contributed by atoms with Crippen molar-refractivity contribution in [3.63, 3.8) is 0 Å². The fourth-order valence-electron chi connectivity index (χ4n) is 9.08. The number of aromatic nitrogens is 1. The second kappa shape index (κ2) is 13.5. The molecule has 3 aromatic carbocycles. The molecule has 6 atom stereocenters. The lowest BCUT2D eigenvalue weighted by Gasteiger charge is -2.50. The maximum absolute atomic E-state index is 15.4. The molecule has 2 aliphatic heterocycles. The molecule has 0 unspecified atom stereocenters. The summed E-state index contributed by atoms with van der Waals surface area (Å²) in [4.78, 5) is 63.9. The molecule has 1 saturated carbocycles.